The van der Waals surface area contributed by atoms with Crippen molar-refractivity contribution in [3.05, 3.63) is 0 Å². The van der Waals surface area contributed by atoms with E-state index in [2.05, 4.69) is 9.05 Å². The molecule has 0 aromatic heterocycles. The van der Waals surface area contributed by atoms with Gasteiger partial charge in [-0.2, -0.15) is 0 Å². The summed E-state index contributed by atoms with van der Waals surface area (Å²) in [6.45, 7) is 2.82. The molecule has 0 bridgehead atoms. The predicted octanol–water partition coefficient (Wildman–Crippen LogP) is -0.282. The van der Waals surface area contributed by atoms with Crippen molar-refractivity contribution in [1.29, 1.82) is 0 Å². The molecular formula is C6H14O8P3-3. The third-order valence-corrected chi connectivity index (χ3v) is 8.94. The highest BCUT2D eigenvalue weighted by Gasteiger charge is 2.23. The van der Waals surface area contributed by atoms with Gasteiger partial charge < -0.3 is 37.4 Å². The molecule has 0 saturated carbocycles. The predicted molar refractivity (Wildman–Crippen MR) is 55.8 cm³/mol. The molecule has 8 nitrogen and oxygen atoms in total. The zero-order valence-electron chi connectivity index (χ0n) is 9.60. The van der Waals surface area contributed by atoms with Crippen LogP contribution in [-0.4, -0.2) is 25.0 Å². The number of rotatable bonds is 7. The van der Waals surface area contributed by atoms with Crippen molar-refractivity contribution in [1.82, 2.24) is 0 Å². The lowest BCUT2D eigenvalue weighted by Crippen LogP contribution is -2.20. The molecule has 0 amide bonds. The topological polar surface area (TPSA) is 139 Å². The molecule has 0 rings (SSSR count). The second kappa shape index (κ2) is 6.09. The molecule has 3 unspecified atom stereocenters. The highest BCUT2D eigenvalue weighted by atomic mass is 31.3. The van der Waals surface area contributed by atoms with Gasteiger partial charge in [-0.3, -0.25) is 0 Å². The zero-order chi connectivity index (χ0) is 13.9. The number of hydrogen-bond donors (Lipinski definition) is 0. The van der Waals surface area contributed by atoms with Crippen molar-refractivity contribution in [3.63, 3.8) is 0 Å². The molecule has 17 heavy (non-hydrogen) atoms. The maximum absolute atomic E-state index is 11.3. The van der Waals surface area contributed by atoms with E-state index < -0.39 is 40.5 Å². The minimum Gasteiger partial charge on any atom is -0.799 e. The van der Waals surface area contributed by atoms with Crippen LogP contribution in [0.25, 0.3) is 0 Å². The summed E-state index contributed by atoms with van der Waals surface area (Å²) in [6.07, 6.45) is -0.709. The maximum Gasteiger partial charge on any atom is 0.141 e. The van der Waals surface area contributed by atoms with Crippen LogP contribution in [0.4, 0.5) is 0 Å². The summed E-state index contributed by atoms with van der Waals surface area (Å²) in [4.78, 5) is 33.5. The van der Waals surface area contributed by atoms with E-state index in [0.717, 1.165) is 7.11 Å². The third kappa shape index (κ3) is 8.25. The standard InChI is InChI=1S/C6H17O8P3/c1-6(2)14-17(11,12)5-15(7,8)4-16(9,10)13-3/h6H,4-5H2,1-3H3,(H,7,8)(H,9,10)(H,11,12)/p-3. The Hall–Kier alpha value is 0.490. The van der Waals surface area contributed by atoms with Crippen LogP contribution in [0.1, 0.15) is 13.8 Å². The summed E-state index contributed by atoms with van der Waals surface area (Å²) in [6, 6.07) is 0. The average Bonchev–Trinajstić information content (AvgIpc) is 1.96. The summed E-state index contributed by atoms with van der Waals surface area (Å²) >= 11 is 0. The SMILES string of the molecule is COP(=O)([O-])CP(=O)([O-])CP(=O)([O-])OC(C)C. The van der Waals surface area contributed by atoms with Crippen molar-refractivity contribution >= 4 is 22.6 Å². The van der Waals surface area contributed by atoms with E-state index in [1.807, 2.05) is 0 Å². The van der Waals surface area contributed by atoms with Crippen molar-refractivity contribution in [2.24, 2.45) is 0 Å². The van der Waals surface area contributed by atoms with Gasteiger partial charge in [-0.1, -0.05) is 0 Å². The van der Waals surface area contributed by atoms with Crippen LogP contribution in [0.5, 0.6) is 0 Å². The Labute approximate surface area is 99.5 Å². The van der Waals surface area contributed by atoms with Crippen LogP contribution >= 0.6 is 22.6 Å². The summed E-state index contributed by atoms with van der Waals surface area (Å²) < 4.78 is 41.9. The molecule has 0 N–H and O–H groups in total. The minimum atomic E-state index is -4.66. The fourth-order valence-electron chi connectivity index (χ4n) is 0.985. The molecule has 0 aromatic carbocycles. The smallest absolute Gasteiger partial charge is 0.141 e. The van der Waals surface area contributed by atoms with Gasteiger partial charge in [0.15, 0.2) is 0 Å². The van der Waals surface area contributed by atoms with E-state index in [-0.39, 0.29) is 0 Å². The first-order chi connectivity index (χ1) is 7.39. The molecule has 0 fully saturated rings. The Morgan fingerprint density at radius 3 is 1.76 bits per heavy atom. The molecule has 3 atom stereocenters. The third-order valence-electron chi connectivity index (χ3n) is 1.43. The minimum absolute atomic E-state index is 0.709. The van der Waals surface area contributed by atoms with E-state index in [9.17, 15) is 28.4 Å². The van der Waals surface area contributed by atoms with Gasteiger partial charge in [-0.25, -0.2) is 0 Å². The molecule has 0 aliphatic heterocycles. The van der Waals surface area contributed by atoms with Crippen LogP contribution in [-0.2, 0) is 22.7 Å². The van der Waals surface area contributed by atoms with Crippen molar-refractivity contribution in [2.45, 2.75) is 20.0 Å². The molecular weight excluding hydrogens is 293 g/mol. The van der Waals surface area contributed by atoms with Crippen molar-refractivity contribution < 1.29 is 37.4 Å². The Bertz CT molecular complexity index is 391. The van der Waals surface area contributed by atoms with Crippen molar-refractivity contribution in [3.8, 4) is 0 Å². The zero-order valence-corrected chi connectivity index (χ0v) is 12.3. The Morgan fingerprint density at radius 2 is 1.41 bits per heavy atom. The summed E-state index contributed by atoms with van der Waals surface area (Å²) in [5, 5.41) is 0. The molecule has 0 heterocycles. The van der Waals surface area contributed by atoms with Gasteiger partial charge in [0.2, 0.25) is 0 Å². The first kappa shape index (κ1) is 17.5. The van der Waals surface area contributed by atoms with Gasteiger partial charge in [0.25, 0.3) is 0 Å². The van der Waals surface area contributed by atoms with Gasteiger partial charge in [0, 0.05) is 14.5 Å². The Morgan fingerprint density at radius 1 is 1.00 bits per heavy atom. The molecule has 0 radical (unpaired) electrons. The van der Waals surface area contributed by atoms with Crippen LogP contribution in [0.3, 0.4) is 0 Å². The van der Waals surface area contributed by atoms with E-state index in [1.165, 1.54) is 13.8 Å². The molecule has 0 aliphatic rings. The molecule has 0 saturated heterocycles. The summed E-state index contributed by atoms with van der Waals surface area (Å²) in [7, 11) is -13.0. The highest BCUT2D eigenvalue weighted by Crippen LogP contribution is 2.59. The lowest BCUT2D eigenvalue weighted by atomic mass is 10.5. The quantitative estimate of drug-likeness (QED) is 0.585. The highest BCUT2D eigenvalue weighted by molar-refractivity contribution is 7.78. The Balaban J connectivity index is 4.71. The van der Waals surface area contributed by atoms with Gasteiger partial charge in [0.05, 0.1) is 17.9 Å². The van der Waals surface area contributed by atoms with Gasteiger partial charge in [0.1, 0.15) is 15.2 Å². The lowest BCUT2D eigenvalue weighted by molar-refractivity contribution is -0.203. The fraction of sp³-hybridized carbons (Fsp3) is 1.00. The normalized spacial score (nSPS) is 22.8. The van der Waals surface area contributed by atoms with E-state index in [1.54, 1.807) is 0 Å². The van der Waals surface area contributed by atoms with Gasteiger partial charge in [-0.15, -0.1) is 0 Å². The molecule has 0 aromatic rings. The lowest BCUT2D eigenvalue weighted by Gasteiger charge is -2.35. The van der Waals surface area contributed by atoms with Crippen LogP contribution < -0.4 is 14.7 Å². The summed E-state index contributed by atoms with van der Waals surface area (Å²) in [5.74, 6) is -2.68. The molecule has 0 aliphatic carbocycles. The van der Waals surface area contributed by atoms with E-state index in [0.29, 0.717) is 0 Å². The summed E-state index contributed by atoms with van der Waals surface area (Å²) in [5.41, 5.74) is 0. The van der Waals surface area contributed by atoms with Crippen molar-refractivity contribution in [2.75, 3.05) is 18.9 Å². The first-order valence-corrected chi connectivity index (χ1v) is 9.98. The average molecular weight is 307 g/mol. The number of hydrogen-bond acceptors (Lipinski definition) is 8. The monoisotopic (exact) mass is 307 g/mol. The van der Waals surface area contributed by atoms with Crippen LogP contribution in [0.15, 0.2) is 0 Å². The van der Waals surface area contributed by atoms with Crippen LogP contribution in [0.2, 0.25) is 0 Å². The maximum atomic E-state index is 11.3. The second-order valence-corrected chi connectivity index (χ2v) is 10.6. The van der Waals surface area contributed by atoms with Gasteiger partial charge in [-0.05, 0) is 13.8 Å². The van der Waals surface area contributed by atoms with Crippen LogP contribution in [0, 0.1) is 0 Å². The van der Waals surface area contributed by atoms with Gasteiger partial charge >= 0.3 is 0 Å². The Kier molecular flexibility index (Phi) is 6.27. The molecule has 11 heteroatoms. The fourth-order valence-corrected chi connectivity index (χ4v) is 7.74. The molecule has 0 spiro atoms. The largest absolute Gasteiger partial charge is 0.799 e. The van der Waals surface area contributed by atoms with E-state index in [4.69, 9.17) is 0 Å². The van der Waals surface area contributed by atoms with E-state index >= 15 is 0 Å². The second-order valence-electron chi connectivity index (χ2n) is 3.66. The molecule has 104 valence electrons. The first-order valence-electron chi connectivity index (χ1n) is 4.52.